The molecule has 5 heteroatoms. The second kappa shape index (κ2) is 9.97. The molecule has 144 valence electrons. The molecule has 5 nitrogen and oxygen atoms in total. The van der Waals surface area contributed by atoms with Crippen LogP contribution >= 0.6 is 0 Å². The third-order valence-electron chi connectivity index (χ3n) is 4.67. The van der Waals surface area contributed by atoms with Crippen LogP contribution in [0.25, 0.3) is 0 Å². The van der Waals surface area contributed by atoms with Crippen molar-refractivity contribution in [1.29, 1.82) is 0 Å². The van der Waals surface area contributed by atoms with Gasteiger partial charge in [0.1, 0.15) is 18.1 Å². The van der Waals surface area contributed by atoms with E-state index in [0.29, 0.717) is 32.1 Å². The van der Waals surface area contributed by atoms with Gasteiger partial charge in [0.05, 0.1) is 6.10 Å². The highest BCUT2D eigenvalue weighted by molar-refractivity contribution is 5.90. The van der Waals surface area contributed by atoms with Gasteiger partial charge in [0.2, 0.25) is 5.91 Å². The van der Waals surface area contributed by atoms with E-state index < -0.39 is 0 Å². The topological polar surface area (TPSA) is 73.6 Å². The lowest BCUT2D eigenvalue weighted by molar-refractivity contribution is -0.116. The van der Waals surface area contributed by atoms with E-state index in [0.717, 1.165) is 35.6 Å². The van der Waals surface area contributed by atoms with Gasteiger partial charge in [-0.3, -0.25) is 4.79 Å². The van der Waals surface area contributed by atoms with Crippen LogP contribution in [0.4, 0.5) is 5.69 Å². The lowest BCUT2D eigenvalue weighted by Crippen LogP contribution is -2.13. The maximum absolute atomic E-state index is 12.2. The van der Waals surface area contributed by atoms with Crippen LogP contribution in [0.2, 0.25) is 0 Å². The van der Waals surface area contributed by atoms with Gasteiger partial charge in [-0.2, -0.15) is 0 Å². The first-order valence-electron chi connectivity index (χ1n) is 9.71. The van der Waals surface area contributed by atoms with E-state index in [4.69, 9.17) is 15.2 Å². The molecule has 0 spiro atoms. The van der Waals surface area contributed by atoms with E-state index in [9.17, 15) is 4.79 Å². The summed E-state index contributed by atoms with van der Waals surface area (Å²) in [5.41, 5.74) is 7.29. The third kappa shape index (κ3) is 6.29. The van der Waals surface area contributed by atoms with Gasteiger partial charge in [-0.1, -0.05) is 12.1 Å². The monoisotopic (exact) mass is 368 g/mol. The van der Waals surface area contributed by atoms with E-state index >= 15 is 0 Å². The molecule has 27 heavy (non-hydrogen) atoms. The molecule has 0 saturated heterocycles. The first kappa shape index (κ1) is 19.2. The normalized spacial score (nSPS) is 14.1. The smallest absolute Gasteiger partial charge is 0.224 e. The zero-order chi connectivity index (χ0) is 18.9. The Balaban J connectivity index is 1.45. The Bertz CT molecular complexity index is 725. The van der Waals surface area contributed by atoms with Crippen LogP contribution in [0.15, 0.2) is 48.5 Å². The molecule has 0 bridgehead atoms. The summed E-state index contributed by atoms with van der Waals surface area (Å²) in [7, 11) is 0. The minimum absolute atomic E-state index is 0.00672. The number of anilines is 1. The standard InChI is InChI=1S/C22H28N2O3/c23-14-15-26-19-11-9-18(10-12-19)24-22(25)13-8-17-4-3-7-21(16-17)27-20-5-1-2-6-20/h3-4,7,9-12,16,20H,1-2,5-6,8,13-15,23H2,(H,24,25). The van der Waals surface area contributed by atoms with Crippen molar-refractivity contribution in [1.82, 2.24) is 0 Å². The maximum Gasteiger partial charge on any atom is 0.224 e. The molecule has 2 aromatic rings. The molecule has 1 aliphatic carbocycles. The molecule has 3 rings (SSSR count). The summed E-state index contributed by atoms with van der Waals surface area (Å²) in [5, 5.41) is 2.92. The Kier molecular flexibility index (Phi) is 7.11. The number of nitrogens with two attached hydrogens (primary N) is 1. The molecular weight excluding hydrogens is 340 g/mol. The van der Waals surface area contributed by atoms with Gasteiger partial charge >= 0.3 is 0 Å². The molecule has 0 heterocycles. The van der Waals surface area contributed by atoms with Crippen molar-refractivity contribution in [2.24, 2.45) is 5.73 Å². The van der Waals surface area contributed by atoms with Crippen LogP contribution < -0.4 is 20.5 Å². The first-order valence-corrected chi connectivity index (χ1v) is 9.71. The fourth-order valence-corrected chi connectivity index (χ4v) is 3.27. The van der Waals surface area contributed by atoms with Gasteiger partial charge < -0.3 is 20.5 Å². The van der Waals surface area contributed by atoms with Crippen molar-refractivity contribution >= 4 is 11.6 Å². The number of amides is 1. The summed E-state index contributed by atoms with van der Waals surface area (Å²) >= 11 is 0. The largest absolute Gasteiger partial charge is 0.492 e. The average molecular weight is 368 g/mol. The predicted octanol–water partition coefficient (Wildman–Crippen LogP) is 3.92. The Labute approximate surface area is 160 Å². The highest BCUT2D eigenvalue weighted by Gasteiger charge is 2.16. The number of ether oxygens (including phenoxy) is 2. The van der Waals surface area contributed by atoms with E-state index in [2.05, 4.69) is 11.4 Å². The van der Waals surface area contributed by atoms with E-state index in [1.54, 1.807) is 0 Å². The van der Waals surface area contributed by atoms with Crippen LogP contribution in [0, 0.1) is 0 Å². The summed E-state index contributed by atoms with van der Waals surface area (Å²) in [6, 6.07) is 15.4. The second-order valence-electron chi connectivity index (χ2n) is 6.88. The Morgan fingerprint density at radius 3 is 2.59 bits per heavy atom. The molecule has 3 N–H and O–H groups in total. The van der Waals surface area contributed by atoms with Crippen LogP contribution in [-0.2, 0) is 11.2 Å². The number of hydrogen-bond acceptors (Lipinski definition) is 4. The summed E-state index contributed by atoms with van der Waals surface area (Å²) in [6.45, 7) is 0.959. The quantitative estimate of drug-likeness (QED) is 0.704. The zero-order valence-corrected chi connectivity index (χ0v) is 15.7. The van der Waals surface area contributed by atoms with Gasteiger partial charge in [0.15, 0.2) is 0 Å². The second-order valence-corrected chi connectivity index (χ2v) is 6.88. The van der Waals surface area contributed by atoms with E-state index in [-0.39, 0.29) is 5.91 Å². The van der Waals surface area contributed by atoms with Gasteiger partial charge in [0.25, 0.3) is 0 Å². The summed E-state index contributed by atoms with van der Waals surface area (Å²) in [6.07, 6.45) is 6.25. The molecule has 2 aromatic carbocycles. The average Bonchev–Trinajstić information content (AvgIpc) is 3.19. The molecule has 0 atom stereocenters. The molecule has 1 saturated carbocycles. The van der Waals surface area contributed by atoms with E-state index in [1.807, 2.05) is 42.5 Å². The minimum Gasteiger partial charge on any atom is -0.492 e. The Morgan fingerprint density at radius 1 is 1.07 bits per heavy atom. The van der Waals surface area contributed by atoms with E-state index in [1.165, 1.54) is 12.8 Å². The van der Waals surface area contributed by atoms with Gasteiger partial charge in [-0.05, 0) is 74.1 Å². The van der Waals surface area contributed by atoms with Crippen LogP contribution in [0.5, 0.6) is 11.5 Å². The number of carbonyl (C=O) groups is 1. The molecule has 1 amide bonds. The van der Waals surface area contributed by atoms with Crippen LogP contribution in [0.1, 0.15) is 37.7 Å². The summed E-state index contributed by atoms with van der Waals surface area (Å²) in [5.74, 6) is 1.65. The number of aryl methyl sites for hydroxylation is 1. The first-order chi connectivity index (χ1) is 13.2. The molecule has 1 aliphatic rings. The highest BCUT2D eigenvalue weighted by atomic mass is 16.5. The van der Waals surface area contributed by atoms with Gasteiger partial charge in [0, 0.05) is 18.7 Å². The molecule has 1 fully saturated rings. The number of nitrogens with one attached hydrogen (secondary N) is 1. The lowest BCUT2D eigenvalue weighted by Gasteiger charge is -2.14. The Hall–Kier alpha value is -2.53. The van der Waals surface area contributed by atoms with Crippen LogP contribution in [0.3, 0.4) is 0 Å². The predicted molar refractivity (Wildman–Crippen MR) is 107 cm³/mol. The van der Waals surface area contributed by atoms with Crippen LogP contribution in [-0.4, -0.2) is 25.2 Å². The number of hydrogen-bond donors (Lipinski definition) is 2. The third-order valence-corrected chi connectivity index (χ3v) is 4.67. The fraction of sp³-hybridized carbons (Fsp3) is 0.409. The summed E-state index contributed by atoms with van der Waals surface area (Å²) < 4.78 is 11.5. The van der Waals surface area contributed by atoms with Crippen molar-refractivity contribution in [3.05, 3.63) is 54.1 Å². The lowest BCUT2D eigenvalue weighted by atomic mass is 10.1. The fourth-order valence-electron chi connectivity index (χ4n) is 3.27. The SMILES string of the molecule is NCCOc1ccc(NC(=O)CCc2cccc(OC3CCCC3)c2)cc1. The van der Waals surface area contributed by atoms with Crippen molar-refractivity contribution in [3.8, 4) is 11.5 Å². The van der Waals surface area contributed by atoms with Gasteiger partial charge in [-0.15, -0.1) is 0 Å². The van der Waals surface area contributed by atoms with Gasteiger partial charge in [-0.25, -0.2) is 0 Å². The number of benzene rings is 2. The molecule has 0 radical (unpaired) electrons. The number of carbonyl (C=O) groups excluding carboxylic acids is 1. The molecule has 0 aliphatic heterocycles. The van der Waals surface area contributed by atoms with Crippen molar-refractivity contribution in [3.63, 3.8) is 0 Å². The van der Waals surface area contributed by atoms with Crippen molar-refractivity contribution < 1.29 is 14.3 Å². The maximum atomic E-state index is 12.2. The Morgan fingerprint density at radius 2 is 1.85 bits per heavy atom. The molecular formula is C22H28N2O3. The molecule has 0 aromatic heterocycles. The number of rotatable bonds is 9. The van der Waals surface area contributed by atoms with Crippen molar-refractivity contribution in [2.75, 3.05) is 18.5 Å². The minimum atomic E-state index is -0.00672. The van der Waals surface area contributed by atoms with Crippen molar-refractivity contribution in [2.45, 2.75) is 44.6 Å². The summed E-state index contributed by atoms with van der Waals surface area (Å²) in [4.78, 5) is 12.2. The highest BCUT2D eigenvalue weighted by Crippen LogP contribution is 2.25. The molecule has 0 unspecified atom stereocenters. The zero-order valence-electron chi connectivity index (χ0n) is 15.7.